The number of piperidine rings is 1. The summed E-state index contributed by atoms with van der Waals surface area (Å²) in [7, 11) is 1.50. The summed E-state index contributed by atoms with van der Waals surface area (Å²) < 4.78 is 36.5. The van der Waals surface area contributed by atoms with Crippen LogP contribution >= 0.6 is 0 Å². The van der Waals surface area contributed by atoms with Gasteiger partial charge in [0, 0.05) is 37.3 Å². The molecule has 0 bridgehead atoms. The van der Waals surface area contributed by atoms with Crippen molar-refractivity contribution >= 4 is 5.91 Å². The summed E-state index contributed by atoms with van der Waals surface area (Å²) in [6.45, 7) is 6.60. The molecule has 0 saturated carbocycles. The number of carbonyl (C=O) groups is 1. The second-order valence-corrected chi connectivity index (χ2v) is 10.4. The van der Waals surface area contributed by atoms with E-state index in [2.05, 4.69) is 10.2 Å². The van der Waals surface area contributed by atoms with Crippen LogP contribution in [0, 0.1) is 5.82 Å². The summed E-state index contributed by atoms with van der Waals surface area (Å²) in [6.07, 6.45) is 0.552. The van der Waals surface area contributed by atoms with Crippen LogP contribution in [-0.4, -0.2) is 79.8 Å². The molecule has 1 amide bonds. The normalized spacial score (nSPS) is 14.7. The van der Waals surface area contributed by atoms with Crippen molar-refractivity contribution in [1.29, 1.82) is 0 Å². The molecule has 3 aromatic carbocycles. The predicted octanol–water partition coefficient (Wildman–Crippen LogP) is 4.43. The molecule has 43 heavy (non-hydrogen) atoms. The quantitative estimate of drug-likeness (QED) is 0.251. The Morgan fingerprint density at radius 2 is 1.60 bits per heavy atom. The fourth-order valence-corrected chi connectivity index (χ4v) is 5.09. The third-order valence-corrected chi connectivity index (χ3v) is 7.22. The number of benzene rings is 3. The Kier molecular flexibility index (Phi) is 11.6. The molecule has 1 saturated heterocycles. The lowest BCUT2D eigenvalue weighted by Gasteiger charge is -2.32. The maximum atomic E-state index is 13.6. The van der Waals surface area contributed by atoms with Gasteiger partial charge < -0.3 is 34.5 Å². The van der Waals surface area contributed by atoms with Crippen LogP contribution in [0.5, 0.6) is 23.0 Å². The Labute approximate surface area is 252 Å². The van der Waals surface area contributed by atoms with Gasteiger partial charge in [0.1, 0.15) is 41.5 Å². The fourth-order valence-electron chi connectivity index (χ4n) is 5.09. The standard InChI is InChI=1S/C33H41FN2O7/c1-4-41-30-14-22(15-31(42-5-2)32(30)23-6-8-25(34)9-7-23)19-36-12-10-26(11-13-36)35-33(39)24-16-28(40-3)18-29(17-24)43-21-27(38)20-37/h6-9,14-18,26-27,37-38H,4-5,10-13,19-21H2,1-3H3,(H,35,39). The van der Waals surface area contributed by atoms with Crippen LogP contribution in [0.4, 0.5) is 4.39 Å². The molecule has 1 atom stereocenters. The highest BCUT2D eigenvalue weighted by Crippen LogP contribution is 2.40. The van der Waals surface area contributed by atoms with Gasteiger partial charge in [-0.2, -0.15) is 0 Å². The van der Waals surface area contributed by atoms with E-state index in [-0.39, 0.29) is 24.4 Å². The van der Waals surface area contributed by atoms with Crippen LogP contribution in [0.15, 0.2) is 54.6 Å². The molecule has 3 aromatic rings. The Morgan fingerprint density at radius 3 is 2.19 bits per heavy atom. The molecule has 3 N–H and O–H groups in total. The van der Waals surface area contributed by atoms with Crippen molar-refractivity contribution in [3.05, 3.63) is 71.5 Å². The number of methoxy groups -OCH3 is 1. The predicted molar refractivity (Wildman–Crippen MR) is 162 cm³/mol. The molecule has 232 valence electrons. The molecule has 4 rings (SSSR count). The molecule has 10 heteroatoms. The van der Waals surface area contributed by atoms with Gasteiger partial charge in [-0.3, -0.25) is 9.69 Å². The number of carbonyl (C=O) groups excluding carboxylic acids is 1. The van der Waals surface area contributed by atoms with Crippen LogP contribution < -0.4 is 24.3 Å². The van der Waals surface area contributed by atoms with Gasteiger partial charge in [-0.05, 0) is 74.2 Å². The van der Waals surface area contributed by atoms with Crippen molar-refractivity contribution in [3.63, 3.8) is 0 Å². The smallest absolute Gasteiger partial charge is 0.251 e. The molecule has 0 radical (unpaired) electrons. The zero-order chi connectivity index (χ0) is 30.8. The van der Waals surface area contributed by atoms with E-state index in [0.717, 1.165) is 42.6 Å². The minimum absolute atomic E-state index is 0.00866. The molecule has 0 aliphatic carbocycles. The molecule has 1 unspecified atom stereocenters. The van der Waals surface area contributed by atoms with Gasteiger partial charge in [0.15, 0.2) is 0 Å². The largest absolute Gasteiger partial charge is 0.497 e. The van der Waals surface area contributed by atoms with Gasteiger partial charge in [-0.15, -0.1) is 0 Å². The minimum Gasteiger partial charge on any atom is -0.497 e. The second kappa shape index (κ2) is 15.6. The van der Waals surface area contributed by atoms with Gasteiger partial charge in [-0.1, -0.05) is 12.1 Å². The van der Waals surface area contributed by atoms with Gasteiger partial charge in [0.05, 0.1) is 32.5 Å². The van der Waals surface area contributed by atoms with Crippen molar-refractivity contribution in [2.45, 2.75) is 45.4 Å². The monoisotopic (exact) mass is 596 g/mol. The van der Waals surface area contributed by atoms with E-state index in [1.807, 2.05) is 26.0 Å². The van der Waals surface area contributed by atoms with Crippen molar-refractivity contribution in [2.75, 3.05) is 46.6 Å². The number of aliphatic hydroxyl groups is 2. The number of amides is 1. The molecule has 1 fully saturated rings. The first-order valence-corrected chi connectivity index (χ1v) is 14.7. The third-order valence-electron chi connectivity index (χ3n) is 7.22. The first-order chi connectivity index (χ1) is 20.8. The van der Waals surface area contributed by atoms with E-state index >= 15 is 0 Å². The Bertz CT molecular complexity index is 1320. The number of rotatable bonds is 14. The highest BCUT2D eigenvalue weighted by Gasteiger charge is 2.23. The van der Waals surface area contributed by atoms with Crippen molar-refractivity contribution in [2.24, 2.45) is 0 Å². The molecule has 1 aliphatic heterocycles. The molecule has 0 aromatic heterocycles. The molecular weight excluding hydrogens is 555 g/mol. The maximum absolute atomic E-state index is 13.6. The van der Waals surface area contributed by atoms with Crippen LogP contribution in [0.2, 0.25) is 0 Å². The van der Waals surface area contributed by atoms with Crippen molar-refractivity contribution < 1.29 is 38.3 Å². The molecule has 9 nitrogen and oxygen atoms in total. The lowest BCUT2D eigenvalue weighted by Crippen LogP contribution is -2.44. The summed E-state index contributed by atoms with van der Waals surface area (Å²) in [5.41, 5.74) is 3.08. The third kappa shape index (κ3) is 8.82. The average Bonchev–Trinajstić information content (AvgIpc) is 3.01. The Morgan fingerprint density at radius 1 is 0.977 bits per heavy atom. The minimum atomic E-state index is -1.02. The van der Waals surface area contributed by atoms with E-state index < -0.39 is 12.7 Å². The average molecular weight is 597 g/mol. The number of likely N-dealkylation sites (tertiary alicyclic amines) is 1. The lowest BCUT2D eigenvalue weighted by molar-refractivity contribution is 0.0535. The van der Waals surface area contributed by atoms with E-state index in [0.29, 0.717) is 48.3 Å². The zero-order valence-corrected chi connectivity index (χ0v) is 25.0. The summed E-state index contributed by atoms with van der Waals surface area (Å²) >= 11 is 0. The van der Waals surface area contributed by atoms with E-state index in [4.69, 9.17) is 24.1 Å². The number of nitrogens with zero attached hydrogens (tertiary/aromatic N) is 1. The van der Waals surface area contributed by atoms with Crippen LogP contribution in [0.1, 0.15) is 42.6 Å². The van der Waals surface area contributed by atoms with Crippen molar-refractivity contribution in [1.82, 2.24) is 10.2 Å². The first-order valence-electron chi connectivity index (χ1n) is 14.7. The number of nitrogens with one attached hydrogen (secondary N) is 1. The number of hydrogen-bond acceptors (Lipinski definition) is 8. The number of halogens is 1. The van der Waals surface area contributed by atoms with Crippen LogP contribution in [0.25, 0.3) is 11.1 Å². The highest BCUT2D eigenvalue weighted by molar-refractivity contribution is 5.95. The summed E-state index contributed by atoms with van der Waals surface area (Å²) in [5.74, 6) is 1.70. The van der Waals surface area contributed by atoms with E-state index in [9.17, 15) is 14.3 Å². The van der Waals surface area contributed by atoms with E-state index in [1.54, 1.807) is 30.3 Å². The molecule has 0 spiro atoms. The van der Waals surface area contributed by atoms with Crippen LogP contribution in [0.3, 0.4) is 0 Å². The summed E-state index contributed by atoms with van der Waals surface area (Å²) in [5, 5.41) is 21.7. The fraction of sp³-hybridized carbons (Fsp3) is 0.424. The van der Waals surface area contributed by atoms with Gasteiger partial charge >= 0.3 is 0 Å². The molecular formula is C33H41FN2O7. The number of aliphatic hydroxyl groups excluding tert-OH is 2. The summed E-state index contributed by atoms with van der Waals surface area (Å²) in [6, 6.07) is 15.3. The summed E-state index contributed by atoms with van der Waals surface area (Å²) in [4.78, 5) is 15.4. The van der Waals surface area contributed by atoms with Gasteiger partial charge in [0.25, 0.3) is 5.91 Å². The second-order valence-electron chi connectivity index (χ2n) is 10.4. The Hall–Kier alpha value is -3.86. The SMILES string of the molecule is CCOc1cc(CN2CCC(NC(=O)c3cc(OC)cc(OCC(O)CO)c3)CC2)cc(OCC)c1-c1ccc(F)cc1. The number of ether oxygens (including phenoxy) is 4. The zero-order valence-electron chi connectivity index (χ0n) is 25.0. The maximum Gasteiger partial charge on any atom is 0.251 e. The Balaban J connectivity index is 1.40. The highest BCUT2D eigenvalue weighted by atomic mass is 19.1. The number of hydrogen-bond donors (Lipinski definition) is 3. The van der Waals surface area contributed by atoms with Crippen molar-refractivity contribution in [3.8, 4) is 34.1 Å². The van der Waals surface area contributed by atoms with E-state index in [1.165, 1.54) is 19.2 Å². The first kappa shape index (κ1) is 32.1. The lowest BCUT2D eigenvalue weighted by atomic mass is 9.99. The topological polar surface area (TPSA) is 110 Å². The van der Waals surface area contributed by atoms with Gasteiger partial charge in [0.2, 0.25) is 0 Å². The van der Waals surface area contributed by atoms with Gasteiger partial charge in [-0.25, -0.2) is 4.39 Å². The molecule has 1 aliphatic rings. The van der Waals surface area contributed by atoms with Crippen LogP contribution in [-0.2, 0) is 6.54 Å². The molecule has 1 heterocycles.